The van der Waals surface area contributed by atoms with Crippen molar-refractivity contribution in [3.63, 3.8) is 0 Å². The van der Waals surface area contributed by atoms with Crippen molar-refractivity contribution in [3.05, 3.63) is 48.1 Å². The highest BCUT2D eigenvalue weighted by Crippen LogP contribution is 2.23. The second-order valence-electron chi connectivity index (χ2n) is 4.31. The van der Waals surface area contributed by atoms with Crippen LogP contribution in [0.2, 0.25) is 0 Å². The summed E-state index contributed by atoms with van der Waals surface area (Å²) < 4.78 is 24.9. The molecule has 0 aliphatic carbocycles. The molecule has 0 saturated heterocycles. The van der Waals surface area contributed by atoms with Gasteiger partial charge in [0.05, 0.1) is 0 Å². The van der Waals surface area contributed by atoms with Gasteiger partial charge in [0.1, 0.15) is 0 Å². The van der Waals surface area contributed by atoms with Crippen LogP contribution in [0.25, 0.3) is 0 Å². The summed E-state index contributed by atoms with van der Waals surface area (Å²) in [6.45, 7) is 13.2. The summed E-state index contributed by atoms with van der Waals surface area (Å²) >= 11 is 0. The number of hydrogen-bond donors (Lipinski definition) is 0. The third-order valence-electron chi connectivity index (χ3n) is 2.73. The van der Waals surface area contributed by atoms with Crippen molar-refractivity contribution in [2.45, 2.75) is 40.0 Å². The van der Waals surface area contributed by atoms with Crippen LogP contribution in [0.15, 0.2) is 48.1 Å². The summed E-state index contributed by atoms with van der Waals surface area (Å²) in [7, 11) is 0. The molecule has 0 fully saturated rings. The highest BCUT2D eigenvalue weighted by molar-refractivity contribution is 5.40. The first kappa shape index (κ1) is 15.8. The lowest BCUT2D eigenvalue weighted by Gasteiger charge is -2.12. The molecule has 0 bridgehead atoms. The maximum absolute atomic E-state index is 12.4. The van der Waals surface area contributed by atoms with Crippen molar-refractivity contribution in [1.82, 2.24) is 0 Å². The zero-order valence-electron chi connectivity index (χ0n) is 11.0. The molecule has 1 unspecified atom stereocenters. The Balaban J connectivity index is 4.67. The van der Waals surface area contributed by atoms with Gasteiger partial charge in [-0.25, -0.2) is 8.78 Å². The van der Waals surface area contributed by atoms with Gasteiger partial charge in [-0.3, -0.25) is 0 Å². The molecular weight excluding hydrogens is 218 g/mol. The molecule has 0 amide bonds. The minimum absolute atomic E-state index is 0.300. The van der Waals surface area contributed by atoms with E-state index < -0.39 is 12.3 Å². The Labute approximate surface area is 103 Å². The summed E-state index contributed by atoms with van der Waals surface area (Å²) in [5.74, 6) is -0.665. The van der Waals surface area contributed by atoms with Crippen LogP contribution in [0.3, 0.4) is 0 Å². The summed E-state index contributed by atoms with van der Waals surface area (Å²) in [4.78, 5) is 0. The van der Waals surface area contributed by atoms with E-state index in [0.717, 1.165) is 12.0 Å². The molecule has 0 radical (unpaired) electrons. The van der Waals surface area contributed by atoms with Gasteiger partial charge in [0.25, 0.3) is 0 Å². The van der Waals surface area contributed by atoms with Gasteiger partial charge in [-0.1, -0.05) is 50.8 Å². The Morgan fingerprint density at radius 1 is 1.29 bits per heavy atom. The molecule has 0 saturated carbocycles. The van der Waals surface area contributed by atoms with E-state index in [0.29, 0.717) is 12.0 Å². The molecule has 0 N–H and O–H groups in total. The van der Waals surface area contributed by atoms with E-state index in [-0.39, 0.29) is 0 Å². The third kappa shape index (κ3) is 6.20. The molecular formula is C15H22F2. The van der Waals surface area contributed by atoms with E-state index in [1.165, 1.54) is 12.5 Å². The molecule has 0 rings (SSSR count). The van der Waals surface area contributed by atoms with Crippen LogP contribution in [0.4, 0.5) is 8.78 Å². The highest BCUT2D eigenvalue weighted by Gasteiger charge is 2.16. The Morgan fingerprint density at radius 3 is 2.29 bits per heavy atom. The van der Waals surface area contributed by atoms with Crippen LogP contribution in [0.5, 0.6) is 0 Å². The average molecular weight is 240 g/mol. The predicted molar refractivity (Wildman–Crippen MR) is 71.3 cm³/mol. The molecule has 96 valence electrons. The third-order valence-corrected chi connectivity index (χ3v) is 2.73. The van der Waals surface area contributed by atoms with Crippen molar-refractivity contribution in [2.24, 2.45) is 5.92 Å². The molecule has 0 heterocycles. The van der Waals surface area contributed by atoms with E-state index >= 15 is 0 Å². The number of hydrogen-bond acceptors (Lipinski definition) is 0. The van der Waals surface area contributed by atoms with Crippen LogP contribution < -0.4 is 0 Å². The van der Waals surface area contributed by atoms with E-state index in [2.05, 4.69) is 20.1 Å². The summed E-state index contributed by atoms with van der Waals surface area (Å²) in [6.07, 6.45) is 4.52. The highest BCUT2D eigenvalue weighted by atomic mass is 19.3. The Kier molecular flexibility index (Phi) is 7.44. The topological polar surface area (TPSA) is 0 Å². The van der Waals surface area contributed by atoms with Gasteiger partial charge in [0.2, 0.25) is 6.43 Å². The first-order valence-corrected chi connectivity index (χ1v) is 5.88. The van der Waals surface area contributed by atoms with Gasteiger partial charge in [0.15, 0.2) is 0 Å². The Hall–Kier alpha value is -1.18. The summed E-state index contributed by atoms with van der Waals surface area (Å²) in [6, 6.07) is 0. The second kappa shape index (κ2) is 7.99. The van der Waals surface area contributed by atoms with Gasteiger partial charge in [-0.15, -0.1) is 0 Å². The van der Waals surface area contributed by atoms with Gasteiger partial charge in [0, 0.05) is 5.92 Å². The van der Waals surface area contributed by atoms with Crippen LogP contribution in [0, 0.1) is 5.92 Å². The molecule has 0 aromatic heterocycles. The summed E-state index contributed by atoms with van der Waals surface area (Å²) in [5, 5.41) is 0. The molecule has 0 nitrogen and oxygen atoms in total. The fraction of sp³-hybridized carbons (Fsp3) is 0.467. The normalized spacial score (nSPS) is 14.9. The van der Waals surface area contributed by atoms with E-state index in [4.69, 9.17) is 0 Å². The van der Waals surface area contributed by atoms with Crippen molar-refractivity contribution >= 4 is 0 Å². The van der Waals surface area contributed by atoms with Gasteiger partial charge in [-0.05, 0) is 30.9 Å². The van der Waals surface area contributed by atoms with E-state index in [1.54, 1.807) is 6.08 Å². The summed E-state index contributed by atoms with van der Waals surface area (Å²) in [5.41, 5.74) is 2.79. The maximum atomic E-state index is 12.4. The van der Waals surface area contributed by atoms with Crippen molar-refractivity contribution in [1.29, 1.82) is 0 Å². The van der Waals surface area contributed by atoms with Crippen molar-refractivity contribution in [3.8, 4) is 0 Å². The zero-order chi connectivity index (χ0) is 13.4. The molecule has 0 aromatic carbocycles. The molecule has 0 spiro atoms. The smallest absolute Gasteiger partial charge is 0.210 e. The largest absolute Gasteiger partial charge is 0.241 e. The minimum atomic E-state index is -2.30. The lowest BCUT2D eigenvalue weighted by atomic mass is 9.96. The van der Waals surface area contributed by atoms with E-state index in [1.807, 2.05) is 19.1 Å². The number of alkyl halides is 2. The second-order valence-corrected chi connectivity index (χ2v) is 4.31. The van der Waals surface area contributed by atoms with Crippen molar-refractivity contribution in [2.75, 3.05) is 0 Å². The van der Waals surface area contributed by atoms with Gasteiger partial charge < -0.3 is 0 Å². The van der Waals surface area contributed by atoms with Crippen LogP contribution in [0.1, 0.15) is 33.6 Å². The monoisotopic (exact) mass is 240 g/mol. The molecule has 2 heteroatoms. The lowest BCUT2D eigenvalue weighted by molar-refractivity contribution is 0.0869. The number of rotatable bonds is 7. The van der Waals surface area contributed by atoms with Crippen LogP contribution in [-0.2, 0) is 0 Å². The predicted octanol–water partition coefficient (Wildman–Crippen LogP) is 5.30. The molecule has 0 aromatic rings. The van der Waals surface area contributed by atoms with Crippen LogP contribution >= 0.6 is 0 Å². The standard InChI is InChI=1S/C15H22F2/c1-6-11(3)8-9-14(7-2)12(4)10-13(5)15(16)17/h7-9,13,15H,2,4,6,10H2,1,3,5H3/b11-8+,14-9+. The van der Waals surface area contributed by atoms with Gasteiger partial charge in [-0.2, -0.15) is 0 Å². The van der Waals surface area contributed by atoms with Crippen molar-refractivity contribution < 1.29 is 8.78 Å². The zero-order valence-corrected chi connectivity index (χ0v) is 11.0. The first-order valence-electron chi connectivity index (χ1n) is 5.88. The Morgan fingerprint density at radius 2 is 1.88 bits per heavy atom. The molecule has 0 aliphatic heterocycles. The lowest BCUT2D eigenvalue weighted by Crippen LogP contribution is -2.07. The Bertz CT molecular complexity index is 322. The van der Waals surface area contributed by atoms with Crippen LogP contribution in [-0.4, -0.2) is 6.43 Å². The fourth-order valence-corrected chi connectivity index (χ4v) is 1.28. The SMILES string of the molecule is C=C/C(=C\C=C(/C)CC)C(=C)CC(C)C(F)F. The molecule has 17 heavy (non-hydrogen) atoms. The first-order chi connectivity index (χ1) is 7.92. The van der Waals surface area contributed by atoms with E-state index in [9.17, 15) is 8.78 Å². The maximum Gasteiger partial charge on any atom is 0.241 e. The molecule has 1 atom stereocenters. The quantitative estimate of drug-likeness (QED) is 0.529. The number of allylic oxidation sites excluding steroid dienone is 6. The average Bonchev–Trinajstić information content (AvgIpc) is 2.29. The van der Waals surface area contributed by atoms with Gasteiger partial charge >= 0.3 is 0 Å². The molecule has 0 aliphatic rings. The minimum Gasteiger partial charge on any atom is -0.210 e. The fourth-order valence-electron chi connectivity index (χ4n) is 1.28. The number of halogens is 2.